The molecule has 0 unspecified atom stereocenters. The van der Waals surface area contributed by atoms with Crippen molar-refractivity contribution >= 4 is 17.7 Å². The summed E-state index contributed by atoms with van der Waals surface area (Å²) in [6.45, 7) is 1.20. The van der Waals surface area contributed by atoms with Gasteiger partial charge in [0.15, 0.2) is 0 Å². The lowest BCUT2D eigenvalue weighted by Gasteiger charge is -2.38. The lowest BCUT2D eigenvalue weighted by Crippen LogP contribution is -2.52. The number of aromatic amines is 1. The van der Waals surface area contributed by atoms with E-state index in [1.807, 2.05) is 17.2 Å². The minimum absolute atomic E-state index is 0.0816. The van der Waals surface area contributed by atoms with Gasteiger partial charge in [-0.15, -0.1) is 0 Å². The standard InChI is InChI=1S/C13H13N9O/c23-12(19-13-17-7-18-20-13)9-4-22(5-9)11-3-10(15-6-16-11)21-2-1-14-8-21/h1-3,6-9H,4-5H2,(H2,17,18,19,20,23). The molecule has 10 heteroatoms. The quantitative estimate of drug-likeness (QED) is 0.688. The third kappa shape index (κ3) is 2.61. The van der Waals surface area contributed by atoms with Crippen molar-refractivity contribution in [3.63, 3.8) is 0 Å². The zero-order valence-corrected chi connectivity index (χ0v) is 12.0. The van der Waals surface area contributed by atoms with E-state index < -0.39 is 0 Å². The summed E-state index contributed by atoms with van der Waals surface area (Å²) in [7, 11) is 0. The average molecular weight is 311 g/mol. The Labute approximate surface area is 130 Å². The van der Waals surface area contributed by atoms with E-state index in [1.165, 1.54) is 12.7 Å². The van der Waals surface area contributed by atoms with Crippen LogP contribution in [0.4, 0.5) is 11.8 Å². The number of imidazole rings is 1. The molecule has 1 aliphatic heterocycles. The molecule has 4 heterocycles. The normalized spacial score (nSPS) is 14.5. The maximum atomic E-state index is 12.1. The zero-order chi connectivity index (χ0) is 15.6. The summed E-state index contributed by atoms with van der Waals surface area (Å²) >= 11 is 0. The van der Waals surface area contributed by atoms with E-state index in [1.54, 1.807) is 17.1 Å². The van der Waals surface area contributed by atoms with E-state index in [9.17, 15) is 4.79 Å². The fourth-order valence-electron chi connectivity index (χ4n) is 2.36. The molecule has 3 aromatic heterocycles. The first-order valence-electron chi connectivity index (χ1n) is 7.01. The van der Waals surface area contributed by atoms with Gasteiger partial charge in [-0.3, -0.25) is 14.7 Å². The van der Waals surface area contributed by atoms with Crippen molar-refractivity contribution in [2.24, 2.45) is 5.92 Å². The second kappa shape index (κ2) is 5.48. The number of aromatic nitrogens is 7. The van der Waals surface area contributed by atoms with E-state index >= 15 is 0 Å². The molecule has 0 bridgehead atoms. The molecule has 0 radical (unpaired) electrons. The van der Waals surface area contributed by atoms with Crippen LogP contribution in [0.3, 0.4) is 0 Å². The van der Waals surface area contributed by atoms with Crippen LogP contribution >= 0.6 is 0 Å². The smallest absolute Gasteiger partial charge is 0.233 e. The van der Waals surface area contributed by atoms with Gasteiger partial charge in [-0.1, -0.05) is 0 Å². The number of hydrogen-bond acceptors (Lipinski definition) is 7. The van der Waals surface area contributed by atoms with Crippen LogP contribution in [0.15, 0.2) is 37.4 Å². The van der Waals surface area contributed by atoms with Gasteiger partial charge in [0.25, 0.3) is 0 Å². The number of amides is 1. The van der Waals surface area contributed by atoms with E-state index in [0.29, 0.717) is 19.0 Å². The molecule has 0 aromatic carbocycles. The summed E-state index contributed by atoms with van der Waals surface area (Å²) in [5.41, 5.74) is 0. The zero-order valence-electron chi connectivity index (χ0n) is 12.0. The molecule has 1 saturated heterocycles. The number of rotatable bonds is 4. The van der Waals surface area contributed by atoms with Crippen LogP contribution in [0.25, 0.3) is 5.82 Å². The molecule has 1 amide bonds. The van der Waals surface area contributed by atoms with Gasteiger partial charge in [-0.05, 0) is 0 Å². The van der Waals surface area contributed by atoms with Gasteiger partial charge in [0.05, 0.1) is 5.92 Å². The van der Waals surface area contributed by atoms with Crippen LogP contribution in [0.1, 0.15) is 0 Å². The molecule has 1 fully saturated rings. The van der Waals surface area contributed by atoms with Gasteiger partial charge < -0.3 is 4.90 Å². The second-order valence-corrected chi connectivity index (χ2v) is 5.13. The Hall–Kier alpha value is -3.30. The first kappa shape index (κ1) is 13.4. The van der Waals surface area contributed by atoms with E-state index in [2.05, 4.69) is 35.5 Å². The van der Waals surface area contributed by atoms with Crippen LogP contribution < -0.4 is 10.2 Å². The van der Waals surface area contributed by atoms with Gasteiger partial charge in [0, 0.05) is 31.5 Å². The van der Waals surface area contributed by atoms with E-state index in [0.717, 1.165) is 11.6 Å². The minimum Gasteiger partial charge on any atom is -0.355 e. The lowest BCUT2D eigenvalue weighted by atomic mass is 9.99. The summed E-state index contributed by atoms with van der Waals surface area (Å²) < 4.78 is 1.80. The van der Waals surface area contributed by atoms with Gasteiger partial charge in [-0.2, -0.15) is 10.1 Å². The van der Waals surface area contributed by atoms with Gasteiger partial charge in [0.1, 0.15) is 30.6 Å². The average Bonchev–Trinajstić information content (AvgIpc) is 3.19. The molecule has 116 valence electrons. The molecular formula is C13H13N9O. The Bertz CT molecular complexity index is 793. The van der Waals surface area contributed by atoms with E-state index in [-0.39, 0.29) is 11.8 Å². The van der Waals surface area contributed by atoms with Crippen molar-refractivity contribution in [3.8, 4) is 5.82 Å². The summed E-state index contributed by atoms with van der Waals surface area (Å²) in [4.78, 5) is 30.4. The minimum atomic E-state index is -0.105. The first-order valence-corrected chi connectivity index (χ1v) is 7.01. The van der Waals surface area contributed by atoms with Crippen LogP contribution in [0, 0.1) is 5.92 Å². The summed E-state index contributed by atoms with van der Waals surface area (Å²) in [5.74, 6) is 1.70. The summed E-state index contributed by atoms with van der Waals surface area (Å²) in [6.07, 6.45) is 8.04. The summed E-state index contributed by atoms with van der Waals surface area (Å²) in [6, 6.07) is 1.87. The van der Waals surface area contributed by atoms with Crippen LogP contribution in [0.2, 0.25) is 0 Å². The Morgan fingerprint density at radius 2 is 2.09 bits per heavy atom. The third-order valence-electron chi connectivity index (χ3n) is 3.64. The first-order chi connectivity index (χ1) is 11.3. The number of nitrogens with one attached hydrogen (secondary N) is 2. The predicted molar refractivity (Wildman–Crippen MR) is 79.9 cm³/mol. The highest BCUT2D eigenvalue weighted by molar-refractivity contribution is 5.92. The molecule has 0 aliphatic carbocycles. The molecule has 4 rings (SSSR count). The van der Waals surface area contributed by atoms with Crippen LogP contribution in [-0.2, 0) is 4.79 Å². The molecule has 0 atom stereocenters. The number of H-pyrrole nitrogens is 1. The highest BCUT2D eigenvalue weighted by Crippen LogP contribution is 2.24. The van der Waals surface area contributed by atoms with E-state index in [4.69, 9.17) is 0 Å². The fourth-order valence-corrected chi connectivity index (χ4v) is 2.36. The topological polar surface area (TPSA) is 118 Å². The van der Waals surface area contributed by atoms with Gasteiger partial charge in [0.2, 0.25) is 11.9 Å². The Kier molecular flexibility index (Phi) is 3.18. The molecule has 23 heavy (non-hydrogen) atoms. The van der Waals surface area contributed by atoms with Gasteiger partial charge in [-0.25, -0.2) is 20.1 Å². The van der Waals surface area contributed by atoms with Crippen molar-refractivity contribution < 1.29 is 4.79 Å². The van der Waals surface area contributed by atoms with Crippen molar-refractivity contribution in [1.82, 2.24) is 34.7 Å². The van der Waals surface area contributed by atoms with Gasteiger partial charge >= 0.3 is 0 Å². The molecule has 3 aromatic rings. The van der Waals surface area contributed by atoms with Crippen molar-refractivity contribution in [3.05, 3.63) is 37.4 Å². The largest absolute Gasteiger partial charge is 0.355 e. The predicted octanol–water partition coefficient (Wildman–Crippen LogP) is -0.145. The van der Waals surface area contributed by atoms with Crippen molar-refractivity contribution in [2.45, 2.75) is 0 Å². The third-order valence-corrected chi connectivity index (χ3v) is 3.64. The molecule has 0 spiro atoms. The Balaban J connectivity index is 1.40. The number of carbonyl (C=O) groups excluding carboxylic acids is 1. The monoisotopic (exact) mass is 311 g/mol. The molecule has 10 nitrogen and oxygen atoms in total. The molecule has 0 saturated carbocycles. The molecule has 2 N–H and O–H groups in total. The lowest BCUT2D eigenvalue weighted by molar-refractivity contribution is -0.120. The maximum Gasteiger partial charge on any atom is 0.233 e. The number of nitrogens with zero attached hydrogens (tertiary/aromatic N) is 7. The van der Waals surface area contributed by atoms with Crippen LogP contribution in [0.5, 0.6) is 0 Å². The highest BCUT2D eigenvalue weighted by Gasteiger charge is 2.34. The SMILES string of the molecule is O=C(Nc1ncn[nH]1)C1CN(c2cc(-n3ccnc3)ncn2)C1. The second-order valence-electron chi connectivity index (χ2n) is 5.13. The fraction of sp³-hybridized carbons (Fsp3) is 0.231. The Morgan fingerprint density at radius 1 is 1.22 bits per heavy atom. The molecular weight excluding hydrogens is 298 g/mol. The van der Waals surface area contributed by atoms with Crippen molar-refractivity contribution in [2.75, 3.05) is 23.3 Å². The number of anilines is 2. The van der Waals surface area contributed by atoms with Crippen molar-refractivity contribution in [1.29, 1.82) is 0 Å². The number of hydrogen-bond donors (Lipinski definition) is 2. The molecule has 1 aliphatic rings. The Morgan fingerprint density at radius 3 is 2.83 bits per heavy atom. The highest BCUT2D eigenvalue weighted by atomic mass is 16.2. The summed E-state index contributed by atoms with van der Waals surface area (Å²) in [5, 5.41) is 8.98. The maximum absolute atomic E-state index is 12.1. The van der Waals surface area contributed by atoms with Crippen LogP contribution in [-0.4, -0.2) is 53.7 Å². The number of carbonyl (C=O) groups is 1.